The number of amides is 1. The second kappa shape index (κ2) is 5.34. The molecule has 0 saturated heterocycles. The van der Waals surface area contributed by atoms with Crippen molar-refractivity contribution in [1.29, 1.82) is 0 Å². The number of aliphatic hydroxyl groups is 1. The van der Waals surface area contributed by atoms with Gasteiger partial charge in [-0.15, -0.1) is 0 Å². The van der Waals surface area contributed by atoms with Gasteiger partial charge in [0.1, 0.15) is 6.10 Å². The molecule has 2 aliphatic heterocycles. The van der Waals surface area contributed by atoms with E-state index in [9.17, 15) is 9.90 Å². The van der Waals surface area contributed by atoms with Crippen LogP contribution in [0.15, 0.2) is 65.3 Å². The average Bonchev–Trinajstić information content (AvgIpc) is 2.87. The van der Waals surface area contributed by atoms with Gasteiger partial charge in [0.05, 0.1) is 16.4 Å². The number of carbonyl (C=O) groups excluding carboxylic acids is 1. The Balaban J connectivity index is 2.01. The van der Waals surface area contributed by atoms with Crippen molar-refractivity contribution in [2.75, 3.05) is 4.90 Å². The fourth-order valence-electron chi connectivity index (χ4n) is 3.89. The molecule has 0 aliphatic carbocycles. The Bertz CT molecular complexity index is 907. The third-order valence-electron chi connectivity index (χ3n) is 5.19. The molecule has 0 spiro atoms. The molecule has 0 fully saturated rings. The van der Waals surface area contributed by atoms with Crippen LogP contribution in [-0.4, -0.2) is 17.1 Å². The lowest BCUT2D eigenvalue weighted by molar-refractivity contribution is -0.124. The molecule has 128 valence electrons. The van der Waals surface area contributed by atoms with Gasteiger partial charge in [0.2, 0.25) is 0 Å². The molecule has 0 saturated carbocycles. The van der Waals surface area contributed by atoms with Crippen molar-refractivity contribution < 1.29 is 9.90 Å². The zero-order valence-electron chi connectivity index (χ0n) is 13.8. The Morgan fingerprint density at radius 3 is 2.32 bits per heavy atom. The van der Waals surface area contributed by atoms with Crippen LogP contribution in [0.5, 0.6) is 0 Å². The molecule has 3 nitrogen and oxygen atoms in total. The second-order valence-corrected chi connectivity index (χ2v) is 7.96. The van der Waals surface area contributed by atoms with Crippen molar-refractivity contribution in [1.82, 2.24) is 0 Å². The number of para-hydroxylation sites is 1. The maximum absolute atomic E-state index is 13.5. The molecular weight excluding hydrogens is 357 g/mol. The minimum atomic E-state index is -1.66. The lowest BCUT2D eigenvalue weighted by Gasteiger charge is -2.42. The third kappa shape index (κ3) is 2.00. The van der Waals surface area contributed by atoms with E-state index in [1.54, 1.807) is 29.2 Å². The summed E-state index contributed by atoms with van der Waals surface area (Å²) in [6.07, 6.45) is -1.31. The van der Waals surface area contributed by atoms with E-state index in [-0.39, 0.29) is 10.9 Å². The predicted octanol–water partition coefficient (Wildman–Crippen LogP) is 4.27. The molecule has 1 N–H and O–H groups in total. The van der Waals surface area contributed by atoms with E-state index >= 15 is 0 Å². The van der Waals surface area contributed by atoms with Gasteiger partial charge in [0.25, 0.3) is 5.91 Å². The van der Waals surface area contributed by atoms with Gasteiger partial charge in [-0.2, -0.15) is 0 Å². The highest BCUT2D eigenvalue weighted by Gasteiger charge is 2.59. The maximum atomic E-state index is 13.5. The largest absolute Gasteiger partial charge is 0.385 e. The zero-order valence-corrected chi connectivity index (χ0v) is 15.3. The van der Waals surface area contributed by atoms with E-state index in [0.29, 0.717) is 11.3 Å². The topological polar surface area (TPSA) is 40.5 Å². The van der Waals surface area contributed by atoms with Gasteiger partial charge in [-0.25, -0.2) is 0 Å². The van der Waals surface area contributed by atoms with Crippen LogP contribution in [0.2, 0.25) is 0 Å². The Labute approximate surface area is 156 Å². The van der Waals surface area contributed by atoms with E-state index in [0.717, 1.165) is 11.3 Å². The molecular formula is C20H17Cl2NO2. The van der Waals surface area contributed by atoms with Crippen molar-refractivity contribution in [2.45, 2.75) is 30.2 Å². The van der Waals surface area contributed by atoms with Gasteiger partial charge in [-0.05, 0) is 17.2 Å². The van der Waals surface area contributed by atoms with Crippen LogP contribution in [0.25, 0.3) is 0 Å². The molecule has 0 unspecified atom stereocenters. The van der Waals surface area contributed by atoms with E-state index in [2.05, 4.69) is 0 Å². The first-order valence-corrected chi connectivity index (χ1v) is 8.83. The van der Waals surface area contributed by atoms with Crippen LogP contribution in [0.4, 0.5) is 5.69 Å². The zero-order chi connectivity index (χ0) is 18.0. The number of hydrogen-bond donors (Lipinski definition) is 1. The van der Waals surface area contributed by atoms with Gasteiger partial charge in [0.15, 0.2) is 4.87 Å². The number of rotatable bonds is 1. The van der Waals surface area contributed by atoms with Gasteiger partial charge in [0, 0.05) is 5.41 Å². The smallest absolute Gasteiger partial charge is 0.260 e. The normalized spacial score (nSPS) is 27.3. The first kappa shape index (κ1) is 16.6. The monoisotopic (exact) mass is 373 g/mol. The van der Waals surface area contributed by atoms with Crippen molar-refractivity contribution in [2.24, 2.45) is 0 Å². The minimum Gasteiger partial charge on any atom is -0.385 e. The highest BCUT2D eigenvalue weighted by Crippen LogP contribution is 2.56. The number of anilines is 1. The summed E-state index contributed by atoms with van der Waals surface area (Å²) in [5.41, 5.74) is 2.36. The Morgan fingerprint density at radius 1 is 1.04 bits per heavy atom. The summed E-state index contributed by atoms with van der Waals surface area (Å²) in [5.74, 6) is -0.384. The van der Waals surface area contributed by atoms with Crippen LogP contribution in [0.3, 0.4) is 0 Å². The standard InChI is InChI=1S/C20H17Cl2NO2/c1-19(2)13-10-6-7-11-14(13)23-16(19)15(21)17(24)20(22,18(23)25)12-8-4-3-5-9-12/h3-11,17,24H,1-2H3/t17-,20-/m0/s1. The van der Waals surface area contributed by atoms with Gasteiger partial charge >= 0.3 is 0 Å². The quantitative estimate of drug-likeness (QED) is 0.758. The average molecular weight is 374 g/mol. The molecule has 2 aromatic rings. The minimum absolute atomic E-state index is 0.208. The second-order valence-electron chi connectivity index (χ2n) is 6.96. The van der Waals surface area contributed by atoms with Crippen molar-refractivity contribution in [3.05, 3.63) is 76.5 Å². The summed E-state index contributed by atoms with van der Waals surface area (Å²) < 4.78 is 0. The molecule has 2 aromatic carbocycles. The molecule has 0 radical (unpaired) electrons. The van der Waals surface area contributed by atoms with E-state index in [4.69, 9.17) is 23.2 Å². The van der Waals surface area contributed by atoms with Gasteiger partial charge < -0.3 is 5.11 Å². The third-order valence-corrected chi connectivity index (χ3v) is 6.16. The number of fused-ring (bicyclic) bond motifs is 3. The Kier molecular flexibility index (Phi) is 3.56. The molecule has 25 heavy (non-hydrogen) atoms. The number of halogens is 2. The van der Waals surface area contributed by atoms with E-state index < -0.39 is 16.4 Å². The fraction of sp³-hybridized carbons (Fsp3) is 0.250. The molecule has 2 aliphatic rings. The number of carbonyl (C=O) groups is 1. The number of hydrogen-bond acceptors (Lipinski definition) is 2. The molecule has 1 amide bonds. The van der Waals surface area contributed by atoms with Crippen LogP contribution >= 0.6 is 23.2 Å². The molecule has 0 bridgehead atoms. The summed E-state index contributed by atoms with van der Waals surface area (Å²) in [6, 6.07) is 16.5. The summed E-state index contributed by atoms with van der Waals surface area (Å²) in [6.45, 7) is 3.99. The highest BCUT2D eigenvalue weighted by atomic mass is 35.5. The van der Waals surface area contributed by atoms with Crippen molar-refractivity contribution in [3.8, 4) is 0 Å². The molecule has 2 atom stereocenters. The Hall–Kier alpha value is -1.81. The molecule has 2 heterocycles. The summed E-state index contributed by atoms with van der Waals surface area (Å²) in [4.78, 5) is 13.4. The molecule has 5 heteroatoms. The van der Waals surface area contributed by atoms with Crippen LogP contribution < -0.4 is 4.90 Å². The van der Waals surface area contributed by atoms with Crippen LogP contribution in [-0.2, 0) is 15.1 Å². The number of allylic oxidation sites excluding steroid dienone is 1. The van der Waals surface area contributed by atoms with Gasteiger partial charge in [-0.1, -0.05) is 85.6 Å². The fourth-order valence-corrected chi connectivity index (χ4v) is 4.75. The number of nitrogens with zero attached hydrogens (tertiary/aromatic N) is 1. The van der Waals surface area contributed by atoms with Crippen molar-refractivity contribution >= 4 is 34.8 Å². The first-order chi connectivity index (χ1) is 11.8. The van der Waals surface area contributed by atoms with Crippen LogP contribution in [0, 0.1) is 0 Å². The highest BCUT2D eigenvalue weighted by molar-refractivity contribution is 6.42. The Morgan fingerprint density at radius 2 is 1.64 bits per heavy atom. The summed E-state index contributed by atoms with van der Waals surface area (Å²) in [5, 5.41) is 11.1. The summed E-state index contributed by atoms with van der Waals surface area (Å²) >= 11 is 13.4. The first-order valence-electron chi connectivity index (χ1n) is 8.08. The predicted molar refractivity (Wildman–Crippen MR) is 99.8 cm³/mol. The van der Waals surface area contributed by atoms with E-state index in [1.807, 2.05) is 44.2 Å². The molecule has 0 aromatic heterocycles. The number of alkyl halides is 1. The van der Waals surface area contributed by atoms with E-state index in [1.165, 1.54) is 0 Å². The van der Waals surface area contributed by atoms with Crippen molar-refractivity contribution in [3.63, 3.8) is 0 Å². The number of aliphatic hydroxyl groups excluding tert-OH is 1. The SMILES string of the molecule is CC1(C)C2=C(Cl)[C@H](O)[C@@](Cl)(c3ccccc3)C(=O)N2c2ccccc21. The number of benzene rings is 2. The molecule has 4 rings (SSSR count). The van der Waals surface area contributed by atoms with Crippen LogP contribution in [0.1, 0.15) is 25.0 Å². The lowest BCUT2D eigenvalue weighted by atomic mass is 9.80. The maximum Gasteiger partial charge on any atom is 0.260 e. The lowest BCUT2D eigenvalue weighted by Crippen LogP contribution is -2.55. The van der Waals surface area contributed by atoms with Gasteiger partial charge in [-0.3, -0.25) is 9.69 Å². The summed E-state index contributed by atoms with van der Waals surface area (Å²) in [7, 11) is 0.